The Kier molecular flexibility index (Phi) is 52.3. The minimum absolute atomic E-state index is 0.00315. The number of urea groups is 2. The highest BCUT2D eigenvalue weighted by Gasteiger charge is 2.25. The second kappa shape index (κ2) is 62.9. The molecule has 4 heterocycles. The van der Waals surface area contributed by atoms with Crippen LogP contribution in [0.25, 0.3) is 11.3 Å². The molecule has 1 saturated heterocycles. The van der Waals surface area contributed by atoms with Crippen molar-refractivity contribution < 1.29 is 116 Å². The van der Waals surface area contributed by atoms with E-state index in [4.69, 9.17) is 55.2 Å². The second-order valence-electron chi connectivity index (χ2n) is 29.3. The van der Waals surface area contributed by atoms with Gasteiger partial charge >= 0.3 is 41.9 Å². The number of rotatable bonds is 57. The number of unbranched alkanes of at least 4 members (excludes halogenated alkanes) is 3. The van der Waals surface area contributed by atoms with Gasteiger partial charge in [-0.3, -0.25) is 33.8 Å². The fourth-order valence-corrected chi connectivity index (χ4v) is 13.2. The number of nitrogens with zero attached hydrogens (tertiary/aromatic N) is 7. The summed E-state index contributed by atoms with van der Waals surface area (Å²) in [6, 6.07) is 19.7. The molecular weight excluding hydrogens is 1780 g/mol. The number of halogens is 1. The van der Waals surface area contributed by atoms with Gasteiger partial charge in [-0.1, -0.05) is 42.0 Å². The van der Waals surface area contributed by atoms with E-state index in [-0.39, 0.29) is 158 Å². The van der Waals surface area contributed by atoms with Gasteiger partial charge in [0.25, 0.3) is 0 Å². The van der Waals surface area contributed by atoms with Crippen LogP contribution in [0.3, 0.4) is 0 Å². The maximum absolute atomic E-state index is 13.8. The number of anilines is 2. The highest BCUT2D eigenvalue weighted by atomic mass is 127. The maximum Gasteiger partial charge on any atom is 0.354 e. The molecule has 126 heavy (non-hydrogen) atoms. The number of amides is 7. The number of aryl methyl sites for hydroxylation is 1. The summed E-state index contributed by atoms with van der Waals surface area (Å²) < 4.78 is 49.3. The van der Waals surface area contributed by atoms with Gasteiger partial charge in [0.05, 0.1) is 136 Å². The third kappa shape index (κ3) is 46.9. The lowest BCUT2D eigenvalue weighted by Crippen LogP contribution is -2.46. The molecule has 1 aliphatic rings. The van der Waals surface area contributed by atoms with Crippen molar-refractivity contribution in [3.05, 3.63) is 117 Å². The van der Waals surface area contributed by atoms with Gasteiger partial charge < -0.3 is 111 Å². The van der Waals surface area contributed by atoms with E-state index in [0.29, 0.717) is 197 Å². The quantitative estimate of drug-likeness (QED) is 0.0128. The monoisotopic (exact) mass is 1900 g/mol. The van der Waals surface area contributed by atoms with Crippen molar-refractivity contribution in [2.45, 2.75) is 141 Å². The van der Waals surface area contributed by atoms with Crippen LogP contribution in [0.4, 0.5) is 21.0 Å². The molecule has 3 atom stereocenters. The van der Waals surface area contributed by atoms with Gasteiger partial charge in [-0.2, -0.15) is 0 Å². The van der Waals surface area contributed by atoms with Crippen LogP contribution in [-0.4, -0.2) is 308 Å². The van der Waals surface area contributed by atoms with E-state index in [2.05, 4.69) is 95.6 Å². The predicted octanol–water partition coefficient (Wildman–Crippen LogP) is 5.60. The van der Waals surface area contributed by atoms with Crippen LogP contribution in [-0.2, 0) is 97.5 Å². The number of aromatic nitrogens is 5. The van der Waals surface area contributed by atoms with Crippen molar-refractivity contribution in [3.63, 3.8) is 0 Å². The summed E-state index contributed by atoms with van der Waals surface area (Å²) in [6.07, 6.45) is 6.80. The van der Waals surface area contributed by atoms with Crippen molar-refractivity contribution in [1.29, 1.82) is 0 Å². The van der Waals surface area contributed by atoms with Crippen molar-refractivity contribution in [1.82, 2.24) is 72.0 Å². The molecule has 3 aromatic heterocycles. The number of Topliss-reactive ketones (excluding diaryl/α,β-unsaturated/α-hetero) is 1. The minimum Gasteiger partial charge on any atom is -0.481 e. The summed E-state index contributed by atoms with van der Waals surface area (Å²) in [4.78, 5) is 148. The summed E-state index contributed by atoms with van der Waals surface area (Å²) >= 11 is 7.91. The number of thiocarbonyl (C=S) groups is 1. The Balaban J connectivity index is 0.913. The third-order valence-electron chi connectivity index (χ3n) is 19.3. The largest absolute Gasteiger partial charge is 0.481 e. The highest BCUT2D eigenvalue weighted by Crippen LogP contribution is 2.23. The fourth-order valence-electron chi connectivity index (χ4n) is 12.7. The lowest BCUT2D eigenvalue weighted by molar-refractivity contribution is -0.142. The van der Waals surface area contributed by atoms with Crippen LogP contribution in [0.15, 0.2) is 85.1 Å². The molecule has 6 rings (SSSR count). The van der Waals surface area contributed by atoms with Crippen LogP contribution >= 0.6 is 34.8 Å². The van der Waals surface area contributed by atoms with Crippen molar-refractivity contribution in [3.8, 4) is 11.3 Å². The van der Waals surface area contributed by atoms with E-state index in [9.17, 15) is 73.2 Å². The number of aliphatic carboxylic acids is 3. The van der Waals surface area contributed by atoms with Crippen LogP contribution in [0.1, 0.15) is 141 Å². The number of ketones is 1. The Morgan fingerprint density at radius 1 is 0.484 bits per heavy atom. The topological polar surface area (TPSA) is 534 Å². The van der Waals surface area contributed by atoms with Gasteiger partial charge in [0.2, 0.25) is 17.7 Å². The number of carbonyl (C=O) groups is 11. The Morgan fingerprint density at radius 2 is 1.05 bits per heavy atom. The smallest absolute Gasteiger partial charge is 0.354 e. The molecule has 2 aromatic carbocycles. The maximum atomic E-state index is 13.8. The lowest BCUT2D eigenvalue weighted by atomic mass is 9.94. The van der Waals surface area contributed by atoms with E-state index < -0.39 is 65.8 Å². The first kappa shape index (κ1) is 105. The number of carboxylic acids is 5. The second-order valence-corrected chi connectivity index (χ2v) is 30.9. The van der Waals surface area contributed by atoms with Gasteiger partial charge in [0.1, 0.15) is 23.6 Å². The number of ether oxygens (including phenoxy) is 8. The lowest BCUT2D eigenvalue weighted by Gasteiger charge is -2.23. The Hall–Kier alpha value is -10.1. The summed E-state index contributed by atoms with van der Waals surface area (Å²) in [6.45, 7) is 7.83. The van der Waals surface area contributed by atoms with E-state index in [1.165, 1.54) is 12.1 Å². The first-order chi connectivity index (χ1) is 61.0. The minimum atomic E-state index is -1.24. The molecule has 1 fully saturated rings. The standard InChI is InChI=1S/C84H121IN16O24S/c85-63-23-21-60(22-24-63)11-7-19-74(103)86-27-5-2-16-70(79(110)111)96-75(104)26-38-119-45-47-120-39-31-87-77(107)62(54-68(102)25-37-118-46-48-125-44-36-101-73(57-91-98-101)61-13-8-14-64(53-61)94-82(116)88-28-6-3-17-71(80(112)113)97-83(117)89-30-10-20-76(105)106)12-1-4-29-90-84(126)95-66-55-67(93-72(56-66)81(114)115)59-100-34-42-123-51-49-121-40-32-99(33-41-122-50-52-124-43-35-100)58-65-15-9-18-69(92-65)78(108)109/h8-9,13-15,18,21-24,53,55-57,62,70-71H,1-7,10-12,16-17,19-20,25-52,54,58-59H2,(H,86,103)(H,87,107)(H,96,104)(H,105,106)(H,108,109)(H,110,111)(H,112,113)(H,114,115)(H2,88,94,116)(H2,89,97,117)(H2,90,93,95,126)/t62-,70+,71+/m1/s1. The van der Waals surface area contributed by atoms with Crippen LogP contribution in [0.2, 0.25) is 0 Å². The van der Waals surface area contributed by atoms with Crippen molar-refractivity contribution in [2.75, 3.05) is 175 Å². The zero-order valence-corrected chi connectivity index (χ0v) is 74.0. The molecule has 42 heteroatoms. The zero-order chi connectivity index (χ0) is 90.7. The average molecular weight is 1900 g/mol. The van der Waals surface area contributed by atoms with E-state index in [0.717, 1.165) is 15.6 Å². The molecule has 5 aromatic rings. The summed E-state index contributed by atoms with van der Waals surface area (Å²) in [5.41, 5.74) is 4.20. The molecule has 7 amide bonds. The number of hydrogen-bond donors (Lipinski definition) is 14. The SMILES string of the molecule is O=C(O)CCCNC(=O)N[C@@H](CCCCNC(=O)Nc1cccc(-c2cnnn2CCOCCOCCC(=O)C[C@@H](CCCCNC(=S)Nc2cc(CN3CCOCCOCCN(Cc4cccc(C(=O)O)n4)CCOCCOCC3)nc(C(=O)O)c2)C(=O)NCCOCCOCCC(=O)N[C@@H](CCCCNC(=O)CCCc2ccc(I)cc2)C(=O)O)c1)C(=O)O. The molecule has 0 spiro atoms. The molecule has 40 nitrogen and oxygen atoms in total. The Bertz CT molecular complexity index is 4140. The normalized spacial score (nSPS) is 14.0. The number of carbonyl (C=O) groups excluding carboxylic acids is 6. The predicted molar refractivity (Wildman–Crippen MR) is 473 cm³/mol. The number of carboxylic acid groups (broad SMARTS) is 5. The van der Waals surface area contributed by atoms with Gasteiger partial charge in [-0.05, 0) is 160 Å². The van der Waals surface area contributed by atoms with Crippen molar-refractivity contribution >= 4 is 117 Å². The van der Waals surface area contributed by atoms with Gasteiger partial charge in [-0.25, -0.2) is 43.4 Å². The average Bonchev–Trinajstić information content (AvgIpc) is 1.56. The number of benzene rings is 2. The first-order valence-electron chi connectivity index (χ1n) is 42.4. The van der Waals surface area contributed by atoms with E-state index in [1.807, 2.05) is 35.2 Å². The molecule has 0 aliphatic carbocycles. The summed E-state index contributed by atoms with van der Waals surface area (Å²) in [5.74, 6) is -7.59. The number of pyridine rings is 2. The summed E-state index contributed by atoms with van der Waals surface area (Å²) in [5, 5.41) is 81.0. The molecule has 0 saturated carbocycles. The Morgan fingerprint density at radius 3 is 1.68 bits per heavy atom. The summed E-state index contributed by atoms with van der Waals surface area (Å²) in [7, 11) is 0. The van der Waals surface area contributed by atoms with Gasteiger partial charge in [0.15, 0.2) is 10.8 Å². The van der Waals surface area contributed by atoms with Gasteiger partial charge in [0, 0.05) is 131 Å². The van der Waals surface area contributed by atoms with Crippen LogP contribution in [0.5, 0.6) is 0 Å². The van der Waals surface area contributed by atoms with Crippen LogP contribution < -0.4 is 47.9 Å². The molecule has 0 unspecified atom stereocenters. The molecule has 694 valence electrons. The van der Waals surface area contributed by atoms with Gasteiger partial charge in [-0.15, -0.1) is 5.10 Å². The Labute approximate surface area is 751 Å². The van der Waals surface area contributed by atoms with Crippen LogP contribution in [0, 0.1) is 9.49 Å². The fraction of sp³-hybridized carbons (Fsp3) is 0.571. The van der Waals surface area contributed by atoms with E-state index >= 15 is 0 Å². The first-order valence-corrected chi connectivity index (χ1v) is 43.9. The molecular formula is C84H121IN16O24S. The van der Waals surface area contributed by atoms with Crippen molar-refractivity contribution in [2.24, 2.45) is 5.92 Å². The molecule has 1 aliphatic heterocycles. The number of nitrogens with one attached hydrogen (secondary N) is 9. The van der Waals surface area contributed by atoms with E-state index in [1.54, 1.807) is 47.3 Å². The number of hydrogen-bond acceptors (Lipinski definition) is 26. The third-order valence-corrected chi connectivity index (χ3v) is 20.3. The number of aromatic carboxylic acids is 2. The molecule has 0 bridgehead atoms. The molecule has 0 radical (unpaired) electrons. The molecule has 14 N–H and O–H groups in total. The zero-order valence-electron chi connectivity index (χ0n) is 71.0. The highest BCUT2D eigenvalue weighted by molar-refractivity contribution is 14.1.